The van der Waals surface area contributed by atoms with Crippen LogP contribution in [0.3, 0.4) is 0 Å². The van der Waals surface area contributed by atoms with Crippen molar-refractivity contribution in [2.45, 2.75) is 39.4 Å². The van der Waals surface area contributed by atoms with E-state index >= 15 is 0 Å². The van der Waals surface area contributed by atoms with Crippen molar-refractivity contribution in [3.05, 3.63) is 74.9 Å². The number of fused-ring (bicyclic) bond motifs is 1. The maximum Gasteiger partial charge on any atom is 0.272 e. The largest absolute Gasteiger partial charge is 0.325 e. The average molecular weight is 464 g/mol. The first-order valence-electron chi connectivity index (χ1n) is 10.5. The van der Waals surface area contributed by atoms with Crippen molar-refractivity contribution < 1.29 is 4.79 Å². The van der Waals surface area contributed by atoms with Gasteiger partial charge in [0.15, 0.2) is 5.16 Å². The van der Waals surface area contributed by atoms with Gasteiger partial charge in [0.05, 0.1) is 11.3 Å². The first-order valence-corrected chi connectivity index (χ1v) is 12.3. The number of hydrogen-bond donors (Lipinski definition) is 1. The Kier molecular flexibility index (Phi) is 6.48. The molecule has 2 heterocycles. The molecule has 7 heteroatoms. The standard InChI is InChI=1S/C25H25N3O2S2/c1-5-28-24(30)23-22(20(13-31-23)18-9-6-15(2)7-10-18)27-25(28)32-14-21(29)26-19-11-8-16(3)17(4)12-19/h6-13H,5,14H2,1-4H3,(H,26,29). The highest BCUT2D eigenvalue weighted by Crippen LogP contribution is 2.32. The summed E-state index contributed by atoms with van der Waals surface area (Å²) in [6.07, 6.45) is 0. The second-order valence-electron chi connectivity index (χ2n) is 7.77. The summed E-state index contributed by atoms with van der Waals surface area (Å²) in [6, 6.07) is 14.1. The summed E-state index contributed by atoms with van der Waals surface area (Å²) in [5, 5.41) is 5.49. The molecule has 1 amide bonds. The molecule has 1 N–H and O–H groups in total. The quantitative estimate of drug-likeness (QED) is 0.290. The van der Waals surface area contributed by atoms with Crippen LogP contribution in [0.4, 0.5) is 5.69 Å². The highest BCUT2D eigenvalue weighted by Gasteiger charge is 2.17. The van der Waals surface area contributed by atoms with Crippen molar-refractivity contribution in [2.75, 3.05) is 11.1 Å². The number of aromatic nitrogens is 2. The number of carbonyl (C=O) groups excluding carboxylic acids is 1. The molecule has 0 saturated heterocycles. The van der Waals surface area contributed by atoms with Crippen LogP contribution in [0.1, 0.15) is 23.6 Å². The highest BCUT2D eigenvalue weighted by molar-refractivity contribution is 7.99. The molecule has 32 heavy (non-hydrogen) atoms. The summed E-state index contributed by atoms with van der Waals surface area (Å²) in [5.41, 5.74) is 6.89. The minimum absolute atomic E-state index is 0.0575. The fourth-order valence-electron chi connectivity index (χ4n) is 3.45. The Morgan fingerprint density at radius 3 is 2.53 bits per heavy atom. The Morgan fingerprint density at radius 1 is 1.09 bits per heavy atom. The maximum absolute atomic E-state index is 13.1. The normalized spacial score (nSPS) is 11.1. The fraction of sp³-hybridized carbons (Fsp3) is 0.240. The minimum atomic E-state index is -0.126. The third-order valence-corrected chi connectivity index (χ3v) is 7.38. The van der Waals surface area contributed by atoms with Crippen LogP contribution < -0.4 is 10.9 Å². The van der Waals surface area contributed by atoms with Gasteiger partial charge in [0.1, 0.15) is 4.70 Å². The van der Waals surface area contributed by atoms with E-state index in [1.807, 2.05) is 63.4 Å². The number of hydrogen-bond acceptors (Lipinski definition) is 5. The molecule has 0 aliphatic carbocycles. The number of anilines is 1. The Balaban J connectivity index is 1.61. The number of nitrogens with one attached hydrogen (secondary N) is 1. The summed E-state index contributed by atoms with van der Waals surface area (Å²) in [4.78, 5) is 30.5. The van der Waals surface area contributed by atoms with Gasteiger partial charge in [0.2, 0.25) is 5.91 Å². The Hall–Kier alpha value is -2.90. The van der Waals surface area contributed by atoms with Gasteiger partial charge in [-0.1, -0.05) is 47.7 Å². The van der Waals surface area contributed by atoms with Crippen LogP contribution in [0.15, 0.2) is 57.8 Å². The van der Waals surface area contributed by atoms with E-state index in [1.165, 1.54) is 34.2 Å². The SMILES string of the molecule is CCn1c(SCC(=O)Nc2ccc(C)c(C)c2)nc2c(-c3ccc(C)cc3)csc2c1=O. The van der Waals surface area contributed by atoms with Gasteiger partial charge < -0.3 is 5.32 Å². The topological polar surface area (TPSA) is 64.0 Å². The zero-order valence-electron chi connectivity index (χ0n) is 18.6. The highest BCUT2D eigenvalue weighted by atomic mass is 32.2. The molecule has 0 bridgehead atoms. The average Bonchev–Trinajstić information content (AvgIpc) is 3.20. The monoisotopic (exact) mass is 463 g/mol. The second-order valence-corrected chi connectivity index (χ2v) is 9.59. The van der Waals surface area contributed by atoms with Crippen molar-refractivity contribution in [1.82, 2.24) is 9.55 Å². The van der Waals surface area contributed by atoms with E-state index in [2.05, 4.69) is 17.4 Å². The lowest BCUT2D eigenvalue weighted by Gasteiger charge is -2.11. The van der Waals surface area contributed by atoms with Crippen molar-refractivity contribution in [3.63, 3.8) is 0 Å². The van der Waals surface area contributed by atoms with E-state index < -0.39 is 0 Å². The molecule has 0 radical (unpaired) electrons. The van der Waals surface area contributed by atoms with Crippen LogP contribution in [0, 0.1) is 20.8 Å². The molecular formula is C25H25N3O2S2. The number of nitrogens with zero attached hydrogens (tertiary/aromatic N) is 2. The van der Waals surface area contributed by atoms with E-state index in [9.17, 15) is 9.59 Å². The van der Waals surface area contributed by atoms with Crippen molar-refractivity contribution >= 4 is 44.9 Å². The van der Waals surface area contributed by atoms with E-state index in [0.29, 0.717) is 21.9 Å². The Labute approximate surface area is 195 Å². The van der Waals surface area contributed by atoms with Crippen LogP contribution in [0.5, 0.6) is 0 Å². The molecule has 0 fully saturated rings. The smallest absolute Gasteiger partial charge is 0.272 e. The first-order chi connectivity index (χ1) is 15.4. The molecule has 5 nitrogen and oxygen atoms in total. The van der Waals surface area contributed by atoms with Crippen molar-refractivity contribution in [1.29, 1.82) is 0 Å². The molecule has 164 valence electrons. The molecule has 4 aromatic rings. The number of amides is 1. The predicted octanol–water partition coefficient (Wildman–Crippen LogP) is 5.80. The van der Waals surface area contributed by atoms with Crippen LogP contribution in [0.25, 0.3) is 21.3 Å². The lowest BCUT2D eigenvalue weighted by molar-refractivity contribution is -0.113. The van der Waals surface area contributed by atoms with E-state index in [4.69, 9.17) is 4.98 Å². The van der Waals surface area contributed by atoms with Gasteiger partial charge in [-0.3, -0.25) is 14.2 Å². The van der Waals surface area contributed by atoms with Crippen LogP contribution in [-0.2, 0) is 11.3 Å². The van der Waals surface area contributed by atoms with Gasteiger partial charge in [-0.15, -0.1) is 11.3 Å². The molecule has 4 rings (SSSR count). The third-order valence-electron chi connectivity index (χ3n) is 5.44. The lowest BCUT2D eigenvalue weighted by Crippen LogP contribution is -2.23. The molecule has 2 aromatic heterocycles. The van der Waals surface area contributed by atoms with Crippen LogP contribution in [0.2, 0.25) is 0 Å². The molecule has 0 spiro atoms. The van der Waals surface area contributed by atoms with Crippen molar-refractivity contribution in [2.24, 2.45) is 0 Å². The van der Waals surface area contributed by atoms with Gasteiger partial charge in [-0.05, 0) is 56.5 Å². The minimum Gasteiger partial charge on any atom is -0.325 e. The van der Waals surface area contributed by atoms with Gasteiger partial charge in [0, 0.05) is 23.2 Å². The molecular weight excluding hydrogens is 438 g/mol. The van der Waals surface area contributed by atoms with Crippen LogP contribution >= 0.6 is 23.1 Å². The summed E-state index contributed by atoms with van der Waals surface area (Å²) in [5.74, 6) is 0.0498. The van der Waals surface area contributed by atoms with Gasteiger partial charge in [-0.2, -0.15) is 0 Å². The molecule has 2 aromatic carbocycles. The van der Waals surface area contributed by atoms with Gasteiger partial charge in [-0.25, -0.2) is 4.98 Å². The third kappa shape index (κ3) is 4.49. The number of benzene rings is 2. The molecule has 0 aliphatic heterocycles. The molecule has 0 saturated carbocycles. The molecule has 0 unspecified atom stereocenters. The zero-order valence-corrected chi connectivity index (χ0v) is 20.2. The number of rotatable bonds is 6. The maximum atomic E-state index is 13.1. The van der Waals surface area contributed by atoms with Gasteiger partial charge in [0.25, 0.3) is 5.56 Å². The van der Waals surface area contributed by atoms with E-state index in [1.54, 1.807) is 4.57 Å². The van der Waals surface area contributed by atoms with Crippen LogP contribution in [-0.4, -0.2) is 21.2 Å². The Morgan fingerprint density at radius 2 is 1.84 bits per heavy atom. The molecule has 0 aliphatic rings. The lowest BCUT2D eigenvalue weighted by atomic mass is 10.1. The van der Waals surface area contributed by atoms with Crippen molar-refractivity contribution in [3.8, 4) is 11.1 Å². The molecule has 0 atom stereocenters. The summed E-state index contributed by atoms with van der Waals surface area (Å²) in [6.45, 7) is 8.53. The number of aryl methyl sites for hydroxylation is 3. The Bertz CT molecular complexity index is 1350. The summed E-state index contributed by atoms with van der Waals surface area (Å²) >= 11 is 2.71. The van der Waals surface area contributed by atoms with Gasteiger partial charge >= 0.3 is 0 Å². The van der Waals surface area contributed by atoms with E-state index in [-0.39, 0.29) is 17.2 Å². The second kappa shape index (κ2) is 9.30. The number of thioether (sulfide) groups is 1. The summed E-state index contributed by atoms with van der Waals surface area (Å²) < 4.78 is 2.29. The number of thiophene rings is 1. The summed E-state index contributed by atoms with van der Waals surface area (Å²) in [7, 11) is 0. The predicted molar refractivity (Wildman–Crippen MR) is 135 cm³/mol. The zero-order chi connectivity index (χ0) is 22.8. The first kappa shape index (κ1) is 22.3. The fourth-order valence-corrected chi connectivity index (χ4v) is 5.27. The number of carbonyl (C=O) groups is 1. The van der Waals surface area contributed by atoms with E-state index in [0.717, 1.165) is 22.4 Å².